The number of hydrogen-bond acceptors (Lipinski definition) is 0. The van der Waals surface area contributed by atoms with E-state index >= 15 is 0 Å². The molecule has 0 saturated heterocycles. The first-order valence-corrected chi connectivity index (χ1v) is 2.19. The third kappa shape index (κ3) is 18.9. The summed E-state index contributed by atoms with van der Waals surface area (Å²) >= 11 is 0. The van der Waals surface area contributed by atoms with Crippen molar-refractivity contribution in [1.29, 1.82) is 0 Å². The van der Waals surface area contributed by atoms with E-state index in [0.717, 1.165) is 0 Å². The molecule has 7 heavy (non-hydrogen) atoms. The van der Waals surface area contributed by atoms with Crippen molar-refractivity contribution in [3.8, 4) is 0 Å². The van der Waals surface area contributed by atoms with Crippen LogP contribution in [0.3, 0.4) is 0 Å². The average Bonchev–Trinajstić information content (AvgIpc) is 1.41. The maximum atomic E-state index is 2.18. The molecule has 0 aliphatic heterocycles. The SMILES string of the molecule is C[CH-]CCC.[Br-].[Mg+2]. The van der Waals surface area contributed by atoms with Gasteiger partial charge in [0.2, 0.25) is 0 Å². The summed E-state index contributed by atoms with van der Waals surface area (Å²) in [4.78, 5) is 0. The van der Waals surface area contributed by atoms with Crippen LogP contribution >= 0.6 is 0 Å². The molecule has 0 aliphatic carbocycles. The van der Waals surface area contributed by atoms with Crippen LogP contribution in [0, 0.1) is 6.42 Å². The second kappa shape index (κ2) is 15.7. The molecule has 0 rings (SSSR count). The Balaban J connectivity index is -0.0000000800. The van der Waals surface area contributed by atoms with Gasteiger partial charge in [0.1, 0.15) is 0 Å². The zero-order valence-corrected chi connectivity index (χ0v) is 8.08. The first-order chi connectivity index (χ1) is 2.41. The van der Waals surface area contributed by atoms with Crippen LogP contribution < -0.4 is 17.0 Å². The number of halogens is 1. The minimum atomic E-state index is 0. The summed E-state index contributed by atoms with van der Waals surface area (Å²) in [5.41, 5.74) is 0. The standard InChI is InChI=1S/C5H11.BrH.Mg/c1-3-5-4-2;;/h3H,4-5H2,1-2H3;1H;/q-1;;+2/p-1. The Kier molecular flexibility index (Phi) is 35.2. The molecular formula is C5H11BrMg. The number of rotatable bonds is 2. The van der Waals surface area contributed by atoms with Crippen molar-refractivity contribution < 1.29 is 17.0 Å². The van der Waals surface area contributed by atoms with Crippen LogP contribution in [-0.4, -0.2) is 23.1 Å². The van der Waals surface area contributed by atoms with Crippen molar-refractivity contribution in [3.63, 3.8) is 0 Å². The Morgan fingerprint density at radius 3 is 1.86 bits per heavy atom. The molecule has 0 aromatic carbocycles. The van der Waals surface area contributed by atoms with E-state index in [-0.39, 0.29) is 40.0 Å². The molecule has 0 spiro atoms. The van der Waals surface area contributed by atoms with Crippen LogP contribution in [0.1, 0.15) is 26.7 Å². The van der Waals surface area contributed by atoms with Gasteiger partial charge in [-0.05, 0) is 0 Å². The van der Waals surface area contributed by atoms with E-state index in [1.54, 1.807) is 0 Å². The Morgan fingerprint density at radius 1 is 1.43 bits per heavy atom. The topological polar surface area (TPSA) is 0 Å². The van der Waals surface area contributed by atoms with Crippen molar-refractivity contribution in [2.45, 2.75) is 26.7 Å². The van der Waals surface area contributed by atoms with E-state index in [1.807, 2.05) is 0 Å². The van der Waals surface area contributed by atoms with Crippen molar-refractivity contribution in [3.05, 3.63) is 6.42 Å². The van der Waals surface area contributed by atoms with Gasteiger partial charge in [0.05, 0.1) is 0 Å². The fourth-order valence-corrected chi connectivity index (χ4v) is 0.289. The average molecular weight is 175 g/mol. The van der Waals surface area contributed by atoms with E-state index in [0.29, 0.717) is 0 Å². The summed E-state index contributed by atoms with van der Waals surface area (Å²) in [5, 5.41) is 0. The zero-order valence-electron chi connectivity index (χ0n) is 5.08. The van der Waals surface area contributed by atoms with Gasteiger partial charge >= 0.3 is 23.1 Å². The third-order valence-corrected chi connectivity index (χ3v) is 0.577. The molecule has 0 unspecified atom stereocenters. The molecule has 0 bridgehead atoms. The molecule has 0 nitrogen and oxygen atoms in total. The Bertz CT molecular complexity index is 15.6. The number of hydrogen-bond donors (Lipinski definition) is 0. The molecule has 0 radical (unpaired) electrons. The van der Waals surface area contributed by atoms with Crippen molar-refractivity contribution >= 4 is 23.1 Å². The van der Waals surface area contributed by atoms with Gasteiger partial charge in [-0.25, -0.2) is 0 Å². The summed E-state index contributed by atoms with van der Waals surface area (Å²) in [5.74, 6) is 0. The van der Waals surface area contributed by atoms with Crippen molar-refractivity contribution in [2.24, 2.45) is 0 Å². The second-order valence-electron chi connectivity index (χ2n) is 1.20. The first kappa shape index (κ1) is 15.7. The molecule has 0 saturated carbocycles. The third-order valence-electron chi connectivity index (χ3n) is 0.577. The van der Waals surface area contributed by atoms with Gasteiger partial charge in [0.25, 0.3) is 0 Å². The normalized spacial score (nSPS) is 6.00. The molecule has 0 N–H and O–H groups in total. The van der Waals surface area contributed by atoms with Gasteiger partial charge in [-0.2, -0.15) is 13.3 Å². The van der Waals surface area contributed by atoms with Crippen LogP contribution in [0.5, 0.6) is 0 Å². The van der Waals surface area contributed by atoms with E-state index < -0.39 is 0 Å². The minimum absolute atomic E-state index is 0. The van der Waals surface area contributed by atoms with Crippen LogP contribution in [0.2, 0.25) is 0 Å². The Hall–Kier alpha value is 1.25. The summed E-state index contributed by atoms with van der Waals surface area (Å²) in [6, 6.07) is 0. The van der Waals surface area contributed by atoms with E-state index in [1.165, 1.54) is 12.8 Å². The Morgan fingerprint density at radius 2 is 1.86 bits per heavy atom. The summed E-state index contributed by atoms with van der Waals surface area (Å²) < 4.78 is 0. The monoisotopic (exact) mass is 174 g/mol. The fourth-order valence-electron chi connectivity index (χ4n) is 0.289. The van der Waals surface area contributed by atoms with E-state index in [4.69, 9.17) is 0 Å². The largest absolute Gasteiger partial charge is 2.00 e. The summed E-state index contributed by atoms with van der Waals surface area (Å²) in [6.45, 7) is 4.27. The quantitative estimate of drug-likeness (QED) is 0.359. The number of unbranched alkanes of at least 4 members (excludes halogenated alkanes) is 2. The predicted molar refractivity (Wildman–Crippen MR) is 30.6 cm³/mol. The molecule has 0 aliphatic rings. The molecule has 0 aromatic rings. The van der Waals surface area contributed by atoms with Crippen LogP contribution in [0.25, 0.3) is 0 Å². The van der Waals surface area contributed by atoms with Gasteiger partial charge in [0.15, 0.2) is 0 Å². The fraction of sp³-hybridized carbons (Fsp3) is 0.800. The molecule has 2 heteroatoms. The molecule has 0 aromatic heterocycles. The first-order valence-electron chi connectivity index (χ1n) is 2.19. The van der Waals surface area contributed by atoms with Gasteiger partial charge < -0.3 is 23.4 Å². The van der Waals surface area contributed by atoms with Crippen molar-refractivity contribution in [1.82, 2.24) is 0 Å². The van der Waals surface area contributed by atoms with E-state index in [9.17, 15) is 0 Å². The van der Waals surface area contributed by atoms with Crippen LogP contribution in [-0.2, 0) is 0 Å². The van der Waals surface area contributed by atoms with Crippen LogP contribution in [0.15, 0.2) is 0 Å². The zero-order chi connectivity index (χ0) is 4.12. The van der Waals surface area contributed by atoms with Crippen LogP contribution in [0.4, 0.5) is 0 Å². The van der Waals surface area contributed by atoms with E-state index in [2.05, 4.69) is 20.3 Å². The van der Waals surface area contributed by atoms with Gasteiger partial charge in [-0.15, -0.1) is 0 Å². The maximum absolute atomic E-state index is 2.18. The molecule has 0 fully saturated rings. The smallest absolute Gasteiger partial charge is 1.00 e. The molecule has 0 amide bonds. The molecule has 40 valence electrons. The summed E-state index contributed by atoms with van der Waals surface area (Å²) in [6.07, 6.45) is 4.73. The predicted octanol–water partition coefficient (Wildman–Crippen LogP) is -1.37. The maximum Gasteiger partial charge on any atom is 2.00 e. The molecule has 0 atom stereocenters. The summed E-state index contributed by atoms with van der Waals surface area (Å²) in [7, 11) is 0. The Labute approximate surface area is 73.0 Å². The van der Waals surface area contributed by atoms with Gasteiger partial charge in [0, 0.05) is 0 Å². The van der Waals surface area contributed by atoms with Crippen molar-refractivity contribution in [2.75, 3.05) is 0 Å². The molecule has 0 heterocycles. The van der Waals surface area contributed by atoms with Gasteiger partial charge in [-0.1, -0.05) is 13.3 Å². The minimum Gasteiger partial charge on any atom is -1.00 e. The van der Waals surface area contributed by atoms with Gasteiger partial charge in [-0.3, -0.25) is 0 Å². The second-order valence-corrected chi connectivity index (χ2v) is 1.20. The molecular weight excluding hydrogens is 164 g/mol.